The zero-order valence-corrected chi connectivity index (χ0v) is 14.5. The summed E-state index contributed by atoms with van der Waals surface area (Å²) >= 11 is 3.34. The van der Waals surface area contributed by atoms with Gasteiger partial charge >= 0.3 is 0 Å². The van der Waals surface area contributed by atoms with Crippen molar-refractivity contribution < 1.29 is 9.72 Å². The van der Waals surface area contributed by atoms with Gasteiger partial charge in [0, 0.05) is 34.1 Å². The number of hydrogen-bond acceptors (Lipinski definition) is 4. The van der Waals surface area contributed by atoms with Crippen LogP contribution in [-0.4, -0.2) is 20.6 Å². The number of nitro groups is 1. The van der Waals surface area contributed by atoms with E-state index in [-0.39, 0.29) is 18.1 Å². The van der Waals surface area contributed by atoms with E-state index in [0.717, 1.165) is 15.6 Å². The normalized spacial score (nSPS) is 10.4. The van der Waals surface area contributed by atoms with E-state index in [0.29, 0.717) is 5.69 Å². The number of aromatic nitrogens is 2. The van der Waals surface area contributed by atoms with E-state index in [1.165, 1.54) is 16.8 Å². The van der Waals surface area contributed by atoms with E-state index in [2.05, 4.69) is 26.3 Å². The molecule has 0 atom stereocenters. The molecule has 3 aromatic rings. The lowest BCUT2D eigenvalue weighted by Gasteiger charge is -2.05. The van der Waals surface area contributed by atoms with Gasteiger partial charge in [-0.1, -0.05) is 15.9 Å². The molecule has 3 rings (SSSR count). The monoisotopic (exact) mass is 400 g/mol. The maximum absolute atomic E-state index is 12.1. The van der Waals surface area contributed by atoms with Crippen LogP contribution in [0.15, 0.2) is 65.4 Å². The molecule has 0 bridgehead atoms. The van der Waals surface area contributed by atoms with Crippen molar-refractivity contribution in [2.45, 2.75) is 6.54 Å². The number of rotatable bonds is 5. The molecule has 0 saturated carbocycles. The molecule has 0 aliphatic carbocycles. The molecular formula is C17H13BrN4O3. The number of benzene rings is 2. The minimum absolute atomic E-state index is 0.0324. The van der Waals surface area contributed by atoms with Gasteiger partial charge in [0.15, 0.2) is 0 Å². The molecule has 1 amide bonds. The Kier molecular flexibility index (Phi) is 4.90. The minimum atomic E-state index is -0.445. The summed E-state index contributed by atoms with van der Waals surface area (Å²) in [7, 11) is 0. The van der Waals surface area contributed by atoms with Crippen LogP contribution in [0.3, 0.4) is 0 Å². The summed E-state index contributed by atoms with van der Waals surface area (Å²) in [4.78, 5) is 22.3. The molecule has 1 heterocycles. The van der Waals surface area contributed by atoms with Crippen molar-refractivity contribution in [3.63, 3.8) is 0 Å². The Morgan fingerprint density at radius 1 is 1.12 bits per heavy atom. The summed E-state index contributed by atoms with van der Waals surface area (Å²) in [5.41, 5.74) is 2.32. The van der Waals surface area contributed by atoms with Crippen molar-refractivity contribution in [3.05, 3.63) is 75.5 Å². The maximum atomic E-state index is 12.1. The maximum Gasteiger partial charge on any atom is 0.269 e. The smallest absolute Gasteiger partial charge is 0.269 e. The average Bonchev–Trinajstić information content (AvgIpc) is 3.05. The highest BCUT2D eigenvalue weighted by molar-refractivity contribution is 9.10. The van der Waals surface area contributed by atoms with Crippen molar-refractivity contribution in [2.75, 3.05) is 5.32 Å². The van der Waals surface area contributed by atoms with E-state index < -0.39 is 4.92 Å². The molecule has 1 aromatic heterocycles. The van der Waals surface area contributed by atoms with Crippen molar-refractivity contribution in [1.82, 2.24) is 9.78 Å². The number of nitrogens with zero attached hydrogens (tertiary/aromatic N) is 3. The van der Waals surface area contributed by atoms with Gasteiger partial charge < -0.3 is 5.32 Å². The summed E-state index contributed by atoms with van der Waals surface area (Å²) in [6.07, 6.45) is 3.34. The first-order valence-electron chi connectivity index (χ1n) is 7.34. The lowest BCUT2D eigenvalue weighted by atomic mass is 10.1. The van der Waals surface area contributed by atoms with E-state index in [1.54, 1.807) is 36.7 Å². The predicted octanol–water partition coefficient (Wildman–Crippen LogP) is 3.86. The standard InChI is InChI=1S/C17H13BrN4O3/c18-14-3-5-15(6-4-14)20-17(23)11-21-10-13(9-19-21)12-1-7-16(8-2-12)22(24)25/h1-10H,11H2,(H,20,23). The van der Waals surface area contributed by atoms with Crippen LogP contribution in [0.4, 0.5) is 11.4 Å². The van der Waals surface area contributed by atoms with Gasteiger partial charge in [-0.05, 0) is 42.0 Å². The Balaban J connectivity index is 1.65. The number of anilines is 1. The van der Waals surface area contributed by atoms with Crippen molar-refractivity contribution in [3.8, 4) is 11.1 Å². The lowest BCUT2D eigenvalue weighted by Crippen LogP contribution is -2.18. The Labute approximate surface area is 151 Å². The number of hydrogen-bond donors (Lipinski definition) is 1. The first kappa shape index (κ1) is 16.8. The molecule has 0 radical (unpaired) electrons. The molecule has 2 aromatic carbocycles. The van der Waals surface area contributed by atoms with E-state index >= 15 is 0 Å². The zero-order chi connectivity index (χ0) is 17.8. The quantitative estimate of drug-likeness (QED) is 0.519. The van der Waals surface area contributed by atoms with Crippen LogP contribution in [-0.2, 0) is 11.3 Å². The number of nitrogens with one attached hydrogen (secondary N) is 1. The molecule has 7 nitrogen and oxygen atoms in total. The van der Waals surface area contributed by atoms with Crippen LogP contribution in [0.2, 0.25) is 0 Å². The number of carbonyl (C=O) groups excluding carboxylic acids is 1. The average molecular weight is 401 g/mol. The van der Waals surface area contributed by atoms with Gasteiger partial charge in [0.05, 0.1) is 11.1 Å². The van der Waals surface area contributed by atoms with Crippen molar-refractivity contribution >= 4 is 33.2 Å². The molecule has 0 saturated heterocycles. The van der Waals surface area contributed by atoms with E-state index in [4.69, 9.17) is 0 Å². The van der Waals surface area contributed by atoms with Gasteiger partial charge in [-0.25, -0.2) is 0 Å². The second-order valence-electron chi connectivity index (χ2n) is 5.29. The van der Waals surface area contributed by atoms with Gasteiger partial charge in [0.25, 0.3) is 5.69 Å². The molecule has 0 fully saturated rings. The molecule has 25 heavy (non-hydrogen) atoms. The molecule has 126 valence electrons. The first-order valence-corrected chi connectivity index (χ1v) is 8.13. The fourth-order valence-electron chi connectivity index (χ4n) is 2.26. The Morgan fingerprint density at radius 3 is 2.44 bits per heavy atom. The summed E-state index contributed by atoms with van der Waals surface area (Å²) in [5, 5.41) is 17.6. The van der Waals surface area contributed by atoms with Crippen LogP contribution >= 0.6 is 15.9 Å². The van der Waals surface area contributed by atoms with E-state index in [1.807, 2.05) is 12.1 Å². The summed E-state index contributed by atoms with van der Waals surface area (Å²) < 4.78 is 2.45. The largest absolute Gasteiger partial charge is 0.324 e. The lowest BCUT2D eigenvalue weighted by molar-refractivity contribution is -0.384. The highest BCUT2D eigenvalue weighted by atomic mass is 79.9. The zero-order valence-electron chi connectivity index (χ0n) is 12.9. The van der Waals surface area contributed by atoms with Gasteiger partial charge in [-0.2, -0.15) is 5.10 Å². The van der Waals surface area contributed by atoms with Crippen LogP contribution in [0, 0.1) is 10.1 Å². The fourth-order valence-corrected chi connectivity index (χ4v) is 2.52. The molecular weight excluding hydrogens is 388 g/mol. The second-order valence-corrected chi connectivity index (χ2v) is 6.20. The van der Waals surface area contributed by atoms with Gasteiger partial charge in [-0.3, -0.25) is 19.6 Å². The Morgan fingerprint density at radius 2 is 1.80 bits per heavy atom. The third-order valence-electron chi connectivity index (χ3n) is 3.48. The molecule has 0 spiro atoms. The SMILES string of the molecule is O=C(Cn1cc(-c2ccc([N+](=O)[O-])cc2)cn1)Nc1ccc(Br)cc1. The summed E-state index contributed by atoms with van der Waals surface area (Å²) in [5.74, 6) is -0.194. The van der Waals surface area contributed by atoms with Gasteiger partial charge in [0.1, 0.15) is 6.54 Å². The number of carbonyl (C=O) groups is 1. The minimum Gasteiger partial charge on any atom is -0.324 e. The number of halogens is 1. The summed E-state index contributed by atoms with van der Waals surface area (Å²) in [6, 6.07) is 13.5. The van der Waals surface area contributed by atoms with Crippen molar-refractivity contribution in [1.29, 1.82) is 0 Å². The van der Waals surface area contributed by atoms with Crippen LogP contribution < -0.4 is 5.32 Å². The number of nitro benzene ring substituents is 1. The van der Waals surface area contributed by atoms with Crippen LogP contribution in [0.25, 0.3) is 11.1 Å². The van der Waals surface area contributed by atoms with Gasteiger partial charge in [0.2, 0.25) is 5.91 Å². The Bertz CT molecular complexity index is 904. The first-order chi connectivity index (χ1) is 12.0. The van der Waals surface area contributed by atoms with Crippen molar-refractivity contribution in [2.24, 2.45) is 0 Å². The molecule has 0 unspecified atom stereocenters. The molecule has 8 heteroatoms. The third kappa shape index (κ3) is 4.30. The second kappa shape index (κ2) is 7.27. The highest BCUT2D eigenvalue weighted by Gasteiger charge is 2.09. The molecule has 0 aliphatic heterocycles. The predicted molar refractivity (Wildman–Crippen MR) is 97.1 cm³/mol. The van der Waals surface area contributed by atoms with E-state index in [9.17, 15) is 14.9 Å². The Hall–Kier alpha value is -3.00. The summed E-state index contributed by atoms with van der Waals surface area (Å²) in [6.45, 7) is 0.0725. The molecule has 1 N–H and O–H groups in total. The van der Waals surface area contributed by atoms with Crippen LogP contribution in [0.5, 0.6) is 0 Å². The molecule has 0 aliphatic rings. The number of non-ortho nitro benzene ring substituents is 1. The third-order valence-corrected chi connectivity index (χ3v) is 4.01. The number of amides is 1. The highest BCUT2D eigenvalue weighted by Crippen LogP contribution is 2.22. The fraction of sp³-hybridized carbons (Fsp3) is 0.0588. The van der Waals surface area contributed by atoms with Gasteiger partial charge in [-0.15, -0.1) is 0 Å². The topological polar surface area (TPSA) is 90.1 Å². The van der Waals surface area contributed by atoms with Crippen LogP contribution in [0.1, 0.15) is 0 Å².